The lowest BCUT2D eigenvalue weighted by molar-refractivity contribution is 0.669. The van der Waals surface area contributed by atoms with Crippen LogP contribution < -0.4 is 0 Å². The van der Waals surface area contributed by atoms with Crippen molar-refractivity contribution in [1.82, 2.24) is 9.55 Å². The number of pyridine rings is 1. The van der Waals surface area contributed by atoms with Gasteiger partial charge in [-0.2, -0.15) is 5.26 Å². The van der Waals surface area contributed by atoms with Crippen LogP contribution in [0.25, 0.3) is 71.7 Å². The Balaban J connectivity index is 1.41. The van der Waals surface area contributed by atoms with E-state index in [1.54, 1.807) is 12.4 Å². The summed E-state index contributed by atoms with van der Waals surface area (Å²) in [6.45, 7) is 0. The molecular weight excluding hydrogens is 490 g/mol. The summed E-state index contributed by atoms with van der Waals surface area (Å²) in [4.78, 5) is 4.13. The van der Waals surface area contributed by atoms with E-state index < -0.39 is 0 Å². The van der Waals surface area contributed by atoms with Crippen LogP contribution in [-0.4, -0.2) is 9.55 Å². The van der Waals surface area contributed by atoms with Crippen LogP contribution in [0.2, 0.25) is 0 Å². The van der Waals surface area contributed by atoms with Crippen LogP contribution >= 0.6 is 0 Å². The summed E-state index contributed by atoms with van der Waals surface area (Å²) in [5.41, 5.74) is 9.68. The second kappa shape index (κ2) is 8.69. The van der Waals surface area contributed by atoms with E-state index in [0.717, 1.165) is 60.9 Å². The fraction of sp³-hybridized carbons (Fsp3) is 0. The van der Waals surface area contributed by atoms with Crippen molar-refractivity contribution < 1.29 is 4.42 Å². The van der Waals surface area contributed by atoms with Crippen molar-refractivity contribution in [3.05, 3.63) is 133 Å². The zero-order chi connectivity index (χ0) is 26.6. The highest BCUT2D eigenvalue weighted by molar-refractivity contribution is 6.17. The highest BCUT2D eigenvalue weighted by Gasteiger charge is 2.18. The molecule has 0 saturated carbocycles. The van der Waals surface area contributed by atoms with Gasteiger partial charge in [-0.05, 0) is 47.5 Å². The van der Waals surface area contributed by atoms with Gasteiger partial charge in [-0.15, -0.1) is 0 Å². The van der Waals surface area contributed by atoms with Gasteiger partial charge in [0.15, 0.2) is 0 Å². The number of nitriles is 1. The Labute approximate surface area is 230 Å². The lowest BCUT2D eigenvalue weighted by Gasteiger charge is -2.15. The van der Waals surface area contributed by atoms with Crippen LogP contribution in [0.5, 0.6) is 0 Å². The van der Waals surface area contributed by atoms with E-state index in [1.165, 1.54) is 10.8 Å². The third kappa shape index (κ3) is 3.28. The van der Waals surface area contributed by atoms with Gasteiger partial charge >= 0.3 is 0 Å². The zero-order valence-electron chi connectivity index (χ0n) is 21.4. The summed E-state index contributed by atoms with van der Waals surface area (Å²) in [6, 6.07) is 42.2. The molecule has 0 atom stereocenters. The molecule has 0 N–H and O–H groups in total. The molecule has 8 rings (SSSR count). The van der Waals surface area contributed by atoms with Gasteiger partial charge in [-0.3, -0.25) is 4.98 Å². The van der Waals surface area contributed by atoms with Gasteiger partial charge in [0.25, 0.3) is 0 Å². The first-order chi connectivity index (χ1) is 19.8. The zero-order valence-corrected chi connectivity index (χ0v) is 21.4. The van der Waals surface area contributed by atoms with Gasteiger partial charge in [0, 0.05) is 51.1 Å². The fourth-order valence-corrected chi connectivity index (χ4v) is 5.95. The lowest BCUT2D eigenvalue weighted by Crippen LogP contribution is -1.97. The Morgan fingerprint density at radius 1 is 0.600 bits per heavy atom. The molecule has 0 aliphatic heterocycles. The Bertz CT molecular complexity index is 2300. The van der Waals surface area contributed by atoms with E-state index in [9.17, 15) is 5.26 Å². The maximum absolute atomic E-state index is 9.66. The average Bonchev–Trinajstić information content (AvgIpc) is 3.54. The van der Waals surface area contributed by atoms with Crippen molar-refractivity contribution in [1.29, 1.82) is 5.26 Å². The maximum Gasteiger partial charge on any atom is 0.137 e. The highest BCUT2D eigenvalue weighted by Crippen LogP contribution is 2.40. The number of fused-ring (bicyclic) bond motifs is 6. The van der Waals surface area contributed by atoms with Crippen molar-refractivity contribution in [3.63, 3.8) is 0 Å². The largest absolute Gasteiger partial charge is 0.456 e. The molecule has 8 aromatic rings. The smallest absolute Gasteiger partial charge is 0.137 e. The van der Waals surface area contributed by atoms with Gasteiger partial charge in [0.05, 0.1) is 22.3 Å². The Morgan fingerprint density at radius 3 is 2.27 bits per heavy atom. The predicted octanol–water partition coefficient (Wildman–Crippen LogP) is 9.28. The Kier molecular flexibility index (Phi) is 4.85. The van der Waals surface area contributed by atoms with Gasteiger partial charge in [0.1, 0.15) is 17.2 Å². The molecule has 0 radical (unpaired) electrons. The molecule has 0 aliphatic carbocycles. The number of hydrogen-bond acceptors (Lipinski definition) is 3. The van der Waals surface area contributed by atoms with E-state index >= 15 is 0 Å². The topological polar surface area (TPSA) is 54.8 Å². The van der Waals surface area contributed by atoms with Crippen molar-refractivity contribution in [2.75, 3.05) is 0 Å². The van der Waals surface area contributed by atoms with Crippen LogP contribution in [0.3, 0.4) is 0 Å². The molecule has 3 aromatic heterocycles. The quantitative estimate of drug-likeness (QED) is 0.237. The third-order valence-electron chi connectivity index (χ3n) is 7.74. The minimum atomic E-state index is 0.560. The molecule has 0 bridgehead atoms. The summed E-state index contributed by atoms with van der Waals surface area (Å²) in [5.74, 6) is 0. The predicted molar refractivity (Wildman–Crippen MR) is 161 cm³/mol. The lowest BCUT2D eigenvalue weighted by atomic mass is 9.96. The normalized spacial score (nSPS) is 11.5. The number of benzene rings is 5. The van der Waals surface area contributed by atoms with Crippen molar-refractivity contribution in [3.8, 4) is 34.0 Å². The van der Waals surface area contributed by atoms with Crippen molar-refractivity contribution in [2.45, 2.75) is 0 Å². The molecule has 0 fully saturated rings. The van der Waals surface area contributed by atoms with E-state index in [-0.39, 0.29) is 0 Å². The van der Waals surface area contributed by atoms with Gasteiger partial charge in [-0.1, -0.05) is 72.8 Å². The van der Waals surface area contributed by atoms with E-state index in [1.807, 2.05) is 30.3 Å². The minimum absolute atomic E-state index is 0.560. The maximum atomic E-state index is 9.66. The van der Waals surface area contributed by atoms with Crippen LogP contribution in [-0.2, 0) is 0 Å². The number of furan rings is 1. The number of nitrogens with zero attached hydrogens (tertiary/aromatic N) is 3. The molecule has 0 saturated heterocycles. The molecule has 0 amide bonds. The van der Waals surface area contributed by atoms with Crippen LogP contribution in [0.4, 0.5) is 0 Å². The van der Waals surface area contributed by atoms with Crippen molar-refractivity contribution >= 4 is 43.7 Å². The first-order valence-corrected chi connectivity index (χ1v) is 13.2. The summed E-state index contributed by atoms with van der Waals surface area (Å²) in [5, 5.41) is 14.3. The first-order valence-electron chi connectivity index (χ1n) is 13.2. The molecule has 186 valence electrons. The van der Waals surface area contributed by atoms with Gasteiger partial charge < -0.3 is 8.98 Å². The summed E-state index contributed by atoms with van der Waals surface area (Å²) in [6.07, 6.45) is 3.35. The molecule has 3 heterocycles. The Morgan fingerprint density at radius 2 is 1.38 bits per heavy atom. The average molecular weight is 512 g/mol. The fourth-order valence-electron chi connectivity index (χ4n) is 5.95. The van der Waals surface area contributed by atoms with Crippen LogP contribution in [0, 0.1) is 11.3 Å². The summed E-state index contributed by atoms with van der Waals surface area (Å²) < 4.78 is 8.64. The van der Waals surface area contributed by atoms with Crippen LogP contribution in [0.15, 0.2) is 132 Å². The second-order valence-corrected chi connectivity index (χ2v) is 9.95. The first kappa shape index (κ1) is 22.3. The number of aromatic nitrogens is 2. The standard InChI is InChI=1S/C36H21N3O/c37-21-25-22-38-17-16-26(25)23-8-7-9-24(18-23)27-10-1-4-13-32(27)39-33-14-5-2-11-28(33)30-19-31-29-12-3-6-15-35(29)40-36(31)20-34(30)39/h1-20,22H. The van der Waals surface area contributed by atoms with Crippen molar-refractivity contribution in [2.24, 2.45) is 0 Å². The van der Waals surface area contributed by atoms with Gasteiger partial charge in [0.2, 0.25) is 0 Å². The number of hydrogen-bond donors (Lipinski definition) is 0. The summed E-state index contributed by atoms with van der Waals surface area (Å²) in [7, 11) is 0. The molecule has 5 aromatic carbocycles. The number of rotatable bonds is 3. The van der Waals surface area contributed by atoms with Crippen LogP contribution in [0.1, 0.15) is 5.56 Å². The van der Waals surface area contributed by atoms with Gasteiger partial charge in [-0.25, -0.2) is 0 Å². The molecular formula is C36H21N3O. The molecule has 0 unspecified atom stereocenters. The minimum Gasteiger partial charge on any atom is -0.456 e. The highest BCUT2D eigenvalue weighted by atomic mass is 16.3. The molecule has 0 aliphatic rings. The molecule has 4 heteroatoms. The SMILES string of the molecule is N#Cc1cnccc1-c1cccc(-c2ccccc2-n2c3ccccc3c3cc4c(cc32)oc2ccccc24)c1. The monoisotopic (exact) mass is 511 g/mol. The molecule has 0 spiro atoms. The summed E-state index contributed by atoms with van der Waals surface area (Å²) >= 11 is 0. The molecule has 4 nitrogen and oxygen atoms in total. The van der Waals surface area contributed by atoms with E-state index in [2.05, 4.69) is 101 Å². The Hall–Kier alpha value is -5.66. The van der Waals surface area contributed by atoms with E-state index in [0.29, 0.717) is 5.56 Å². The molecule has 40 heavy (non-hydrogen) atoms. The van der Waals surface area contributed by atoms with E-state index in [4.69, 9.17) is 4.42 Å². The second-order valence-electron chi connectivity index (χ2n) is 9.95. The third-order valence-corrected chi connectivity index (χ3v) is 7.74. The number of para-hydroxylation sites is 3.